The Morgan fingerprint density at radius 1 is 1.13 bits per heavy atom. The van der Waals surface area contributed by atoms with Gasteiger partial charge in [0.15, 0.2) is 23.9 Å². The molecule has 6 nitrogen and oxygen atoms in total. The van der Waals surface area contributed by atoms with Crippen molar-refractivity contribution in [3.63, 3.8) is 0 Å². The number of benzene rings is 1. The minimum absolute atomic E-state index is 0.0241. The van der Waals surface area contributed by atoms with E-state index in [1.165, 1.54) is 32.5 Å². The maximum Gasteiger partial charge on any atom is 0.341 e. The highest BCUT2D eigenvalue weighted by Crippen LogP contribution is 2.27. The first-order chi connectivity index (χ1) is 11.1. The number of Topliss-reactive ketones (excluding diaryl/α,β-unsaturated/α-hetero) is 1. The number of ether oxygens (including phenoxy) is 3. The molecule has 1 aromatic heterocycles. The average molecular weight is 336 g/mol. The van der Waals surface area contributed by atoms with E-state index in [1.807, 2.05) is 0 Å². The number of esters is 1. The van der Waals surface area contributed by atoms with Crippen molar-refractivity contribution in [1.29, 1.82) is 0 Å². The first-order valence-electron chi connectivity index (χ1n) is 6.59. The predicted octanol–water partition coefficient (Wildman–Crippen LogP) is 2.79. The topological polar surface area (TPSA) is 74.7 Å². The lowest BCUT2D eigenvalue weighted by atomic mass is 10.1. The molecule has 0 saturated heterocycles. The lowest BCUT2D eigenvalue weighted by molar-refractivity contribution is 0.0474. The fourth-order valence-electron chi connectivity index (χ4n) is 1.84. The summed E-state index contributed by atoms with van der Waals surface area (Å²) < 4.78 is 15.2. The van der Waals surface area contributed by atoms with E-state index in [1.54, 1.807) is 18.2 Å². The summed E-state index contributed by atoms with van der Waals surface area (Å²) in [5.74, 6) is -0.167. The maximum atomic E-state index is 12.1. The summed E-state index contributed by atoms with van der Waals surface area (Å²) in [6, 6.07) is 7.71. The van der Waals surface area contributed by atoms with Crippen LogP contribution in [-0.2, 0) is 4.74 Å². The summed E-state index contributed by atoms with van der Waals surface area (Å²) in [5.41, 5.74) is 0.446. The summed E-state index contributed by atoms with van der Waals surface area (Å²) >= 11 is 5.80. The van der Waals surface area contributed by atoms with E-state index in [-0.39, 0.29) is 16.5 Å². The Morgan fingerprint density at radius 3 is 2.52 bits per heavy atom. The number of carbonyl (C=O) groups is 2. The van der Waals surface area contributed by atoms with Gasteiger partial charge in [0, 0.05) is 11.8 Å². The predicted molar refractivity (Wildman–Crippen MR) is 83.4 cm³/mol. The van der Waals surface area contributed by atoms with Gasteiger partial charge in [-0.25, -0.2) is 9.78 Å². The van der Waals surface area contributed by atoms with Crippen molar-refractivity contribution in [2.45, 2.75) is 0 Å². The lowest BCUT2D eigenvalue weighted by Gasteiger charge is -2.09. The quantitative estimate of drug-likeness (QED) is 0.459. The normalized spacial score (nSPS) is 10.0. The van der Waals surface area contributed by atoms with Crippen LogP contribution in [0.25, 0.3) is 0 Å². The number of carbonyl (C=O) groups excluding carboxylic acids is 2. The Labute approximate surface area is 137 Å². The van der Waals surface area contributed by atoms with Gasteiger partial charge < -0.3 is 14.2 Å². The number of rotatable bonds is 6. The molecule has 1 aromatic carbocycles. The SMILES string of the molecule is COc1ccc(C(=O)COC(=O)c2cccnc2Cl)cc1OC. The van der Waals surface area contributed by atoms with E-state index in [9.17, 15) is 9.59 Å². The molecule has 0 fully saturated rings. The third-order valence-corrected chi connectivity index (χ3v) is 3.32. The molecule has 1 heterocycles. The number of hydrogen-bond donors (Lipinski definition) is 0. The first-order valence-corrected chi connectivity index (χ1v) is 6.97. The lowest BCUT2D eigenvalue weighted by Crippen LogP contribution is -2.15. The molecule has 7 heteroatoms. The number of pyridine rings is 1. The van der Waals surface area contributed by atoms with Crippen molar-refractivity contribution in [2.24, 2.45) is 0 Å². The number of aromatic nitrogens is 1. The van der Waals surface area contributed by atoms with E-state index in [0.717, 1.165) is 0 Å². The minimum Gasteiger partial charge on any atom is -0.493 e. The number of ketones is 1. The van der Waals surface area contributed by atoms with Gasteiger partial charge in [-0.3, -0.25) is 4.79 Å². The zero-order chi connectivity index (χ0) is 16.8. The van der Waals surface area contributed by atoms with E-state index in [4.69, 9.17) is 25.8 Å². The van der Waals surface area contributed by atoms with E-state index in [0.29, 0.717) is 17.1 Å². The molecule has 2 rings (SSSR count). The van der Waals surface area contributed by atoms with Crippen LogP contribution in [0.2, 0.25) is 5.15 Å². The van der Waals surface area contributed by atoms with Gasteiger partial charge >= 0.3 is 5.97 Å². The summed E-state index contributed by atoms with van der Waals surface area (Å²) in [5, 5.41) is 0.0241. The third kappa shape index (κ3) is 3.98. The molecular weight excluding hydrogens is 322 g/mol. The number of halogens is 1. The van der Waals surface area contributed by atoms with Crippen LogP contribution in [0.3, 0.4) is 0 Å². The summed E-state index contributed by atoms with van der Waals surface area (Å²) in [7, 11) is 2.97. The van der Waals surface area contributed by atoms with Crippen LogP contribution < -0.4 is 9.47 Å². The van der Waals surface area contributed by atoms with Gasteiger partial charge in [-0.2, -0.15) is 0 Å². The minimum atomic E-state index is -0.711. The van der Waals surface area contributed by atoms with Gasteiger partial charge in [0.25, 0.3) is 0 Å². The molecule has 0 radical (unpaired) electrons. The van der Waals surface area contributed by atoms with Crippen LogP contribution >= 0.6 is 11.6 Å². The molecular formula is C16H14ClNO5. The fourth-order valence-corrected chi connectivity index (χ4v) is 2.04. The van der Waals surface area contributed by atoms with Crippen LogP contribution in [-0.4, -0.2) is 37.6 Å². The van der Waals surface area contributed by atoms with Crippen molar-refractivity contribution in [2.75, 3.05) is 20.8 Å². The van der Waals surface area contributed by atoms with Gasteiger partial charge in [0.1, 0.15) is 5.15 Å². The second-order valence-corrected chi connectivity index (χ2v) is 4.77. The molecule has 23 heavy (non-hydrogen) atoms. The Morgan fingerprint density at radius 2 is 1.87 bits per heavy atom. The smallest absolute Gasteiger partial charge is 0.341 e. The van der Waals surface area contributed by atoms with Crippen LogP contribution in [0.15, 0.2) is 36.5 Å². The largest absolute Gasteiger partial charge is 0.493 e. The van der Waals surface area contributed by atoms with Crippen LogP contribution in [0.4, 0.5) is 0 Å². The summed E-state index contributed by atoms with van der Waals surface area (Å²) in [4.78, 5) is 27.8. The first kappa shape index (κ1) is 16.8. The molecule has 0 unspecified atom stereocenters. The molecule has 0 bridgehead atoms. The van der Waals surface area contributed by atoms with Gasteiger partial charge in [0.05, 0.1) is 19.8 Å². The average Bonchev–Trinajstić information content (AvgIpc) is 2.59. The van der Waals surface area contributed by atoms with Crippen molar-refractivity contribution in [1.82, 2.24) is 4.98 Å². The van der Waals surface area contributed by atoms with Crippen molar-refractivity contribution in [3.05, 3.63) is 52.8 Å². The Bertz CT molecular complexity index is 732. The van der Waals surface area contributed by atoms with Gasteiger partial charge in [0.2, 0.25) is 0 Å². The highest BCUT2D eigenvalue weighted by Gasteiger charge is 2.16. The van der Waals surface area contributed by atoms with Crippen molar-refractivity contribution >= 4 is 23.4 Å². The van der Waals surface area contributed by atoms with E-state index >= 15 is 0 Å². The van der Waals surface area contributed by atoms with Crippen LogP contribution in [0.5, 0.6) is 11.5 Å². The highest BCUT2D eigenvalue weighted by atomic mass is 35.5. The van der Waals surface area contributed by atoms with E-state index < -0.39 is 12.6 Å². The Kier molecular flexibility index (Phi) is 5.54. The Hall–Kier alpha value is -2.60. The number of methoxy groups -OCH3 is 2. The molecule has 0 aliphatic carbocycles. The van der Waals surface area contributed by atoms with Gasteiger partial charge in [-0.05, 0) is 30.3 Å². The molecule has 0 spiro atoms. The molecule has 120 valence electrons. The molecule has 0 amide bonds. The van der Waals surface area contributed by atoms with Crippen LogP contribution in [0, 0.1) is 0 Å². The third-order valence-electron chi connectivity index (χ3n) is 3.02. The molecule has 0 N–H and O–H groups in total. The summed E-state index contributed by atoms with van der Waals surface area (Å²) in [6.07, 6.45) is 1.45. The van der Waals surface area contributed by atoms with Crippen LogP contribution in [0.1, 0.15) is 20.7 Å². The number of hydrogen-bond acceptors (Lipinski definition) is 6. The highest BCUT2D eigenvalue weighted by molar-refractivity contribution is 6.32. The van der Waals surface area contributed by atoms with Crippen molar-refractivity contribution < 1.29 is 23.8 Å². The maximum absolute atomic E-state index is 12.1. The zero-order valence-electron chi connectivity index (χ0n) is 12.5. The molecule has 0 atom stereocenters. The molecule has 0 aliphatic rings. The standard InChI is InChI=1S/C16H14ClNO5/c1-21-13-6-5-10(8-14(13)22-2)12(19)9-23-16(20)11-4-3-7-18-15(11)17/h3-8H,9H2,1-2H3. The fraction of sp³-hybridized carbons (Fsp3) is 0.188. The van der Waals surface area contributed by atoms with Gasteiger partial charge in [-0.1, -0.05) is 11.6 Å². The zero-order valence-corrected chi connectivity index (χ0v) is 13.3. The van der Waals surface area contributed by atoms with Gasteiger partial charge in [-0.15, -0.1) is 0 Å². The summed E-state index contributed by atoms with van der Waals surface area (Å²) in [6.45, 7) is -0.417. The molecule has 0 saturated carbocycles. The molecule has 2 aromatic rings. The second-order valence-electron chi connectivity index (χ2n) is 4.41. The molecule has 0 aliphatic heterocycles. The second kappa shape index (κ2) is 7.60. The van der Waals surface area contributed by atoms with Crippen molar-refractivity contribution in [3.8, 4) is 11.5 Å². The number of nitrogens with zero attached hydrogens (tertiary/aromatic N) is 1. The Balaban J connectivity index is 2.05. The van der Waals surface area contributed by atoms with E-state index in [2.05, 4.69) is 4.98 Å². The monoisotopic (exact) mass is 335 g/mol.